The summed E-state index contributed by atoms with van der Waals surface area (Å²) in [6.07, 6.45) is 0. The molecule has 0 fully saturated rings. The molecule has 0 aliphatic rings. The standard InChI is InChI=1S/3C18H15P.Pd/c3*1-4-10-16(11-5-1)19(17-12-6-2-7-13-17)18-14-8-3-9-15-18;/h3*1-15H;/p+3. The Labute approximate surface area is 362 Å². The minimum atomic E-state index is -0.877. The van der Waals surface area contributed by atoms with E-state index in [-0.39, 0.29) is 20.4 Å². The van der Waals surface area contributed by atoms with Gasteiger partial charge < -0.3 is 0 Å². The van der Waals surface area contributed by atoms with Gasteiger partial charge in [-0.3, -0.25) is 0 Å². The first-order chi connectivity index (χ1) is 28.3. The molecule has 0 spiro atoms. The third kappa shape index (κ3) is 12.0. The minimum Gasteiger partial charge on any atom is -0.0620 e. The van der Waals surface area contributed by atoms with E-state index in [0.29, 0.717) is 0 Å². The molecule has 0 amide bonds. The predicted octanol–water partition coefficient (Wildman–Crippen LogP) is 9.53. The Bertz CT molecular complexity index is 1860. The van der Waals surface area contributed by atoms with Crippen molar-refractivity contribution in [2.75, 3.05) is 0 Å². The van der Waals surface area contributed by atoms with Gasteiger partial charge in [-0.05, 0) is 109 Å². The van der Waals surface area contributed by atoms with Crippen LogP contribution in [0.5, 0.6) is 0 Å². The van der Waals surface area contributed by atoms with Crippen molar-refractivity contribution in [2.45, 2.75) is 0 Å². The molecule has 9 rings (SSSR count). The topological polar surface area (TPSA) is 0 Å². The molecule has 0 radical (unpaired) electrons. The molecule has 9 aromatic carbocycles. The molecule has 0 aliphatic carbocycles. The van der Waals surface area contributed by atoms with Crippen LogP contribution in [0.25, 0.3) is 0 Å². The molecular weight excluding hydrogens is 848 g/mol. The van der Waals surface area contributed by atoms with Crippen molar-refractivity contribution >= 4 is 71.5 Å². The largest absolute Gasteiger partial charge is 0.102 e. The molecule has 4 heteroatoms. The van der Waals surface area contributed by atoms with Gasteiger partial charge in [-0.1, -0.05) is 164 Å². The molecule has 0 heterocycles. The summed E-state index contributed by atoms with van der Waals surface area (Å²) in [5, 5.41) is 12.9. The molecule has 0 nitrogen and oxygen atoms in total. The number of rotatable bonds is 9. The third-order valence-electron chi connectivity index (χ3n) is 9.56. The summed E-state index contributed by atoms with van der Waals surface area (Å²) in [5.74, 6) is 0. The van der Waals surface area contributed by atoms with Gasteiger partial charge in [-0.25, -0.2) is 0 Å². The van der Waals surface area contributed by atoms with Crippen LogP contribution < -0.4 is 47.7 Å². The SMILES string of the molecule is [Pd].c1ccc([PH+](c2ccccc2)c2ccccc2)cc1.c1ccc([PH+](c2ccccc2)c2ccccc2)cc1.c1ccc([PH+](c2ccccc2)c2ccccc2)cc1. The summed E-state index contributed by atoms with van der Waals surface area (Å²) in [4.78, 5) is 0. The van der Waals surface area contributed by atoms with Crippen molar-refractivity contribution in [1.82, 2.24) is 0 Å². The van der Waals surface area contributed by atoms with E-state index >= 15 is 0 Å². The molecule has 0 unspecified atom stereocenters. The van der Waals surface area contributed by atoms with Crippen molar-refractivity contribution in [1.29, 1.82) is 0 Å². The second-order valence-electron chi connectivity index (χ2n) is 13.4. The van der Waals surface area contributed by atoms with Gasteiger partial charge >= 0.3 is 0 Å². The summed E-state index contributed by atoms with van der Waals surface area (Å²) in [7, 11) is -2.63. The average Bonchev–Trinajstić information content (AvgIpc) is 3.30. The van der Waals surface area contributed by atoms with Gasteiger partial charge in [0.05, 0.1) is 23.8 Å². The van der Waals surface area contributed by atoms with Gasteiger partial charge in [0.25, 0.3) is 0 Å². The van der Waals surface area contributed by atoms with E-state index in [1.165, 1.54) is 47.7 Å². The number of hydrogen-bond donors (Lipinski definition) is 0. The van der Waals surface area contributed by atoms with Crippen molar-refractivity contribution in [3.05, 3.63) is 273 Å². The predicted molar refractivity (Wildman–Crippen MR) is 260 cm³/mol. The van der Waals surface area contributed by atoms with Crippen LogP contribution in [0, 0.1) is 0 Å². The Morgan fingerprint density at radius 3 is 0.310 bits per heavy atom. The number of hydrogen-bond acceptors (Lipinski definition) is 0. The first-order valence-corrected chi connectivity index (χ1v) is 23.9. The van der Waals surface area contributed by atoms with Crippen LogP contribution in [0.2, 0.25) is 0 Å². The van der Waals surface area contributed by atoms with Crippen LogP contribution >= 0.6 is 23.8 Å². The van der Waals surface area contributed by atoms with Crippen LogP contribution in [0.4, 0.5) is 0 Å². The van der Waals surface area contributed by atoms with E-state index in [1.54, 1.807) is 0 Å². The number of benzene rings is 9. The maximum absolute atomic E-state index is 2.24. The zero-order chi connectivity index (χ0) is 38.7. The Hall–Kier alpha value is -5.07. The van der Waals surface area contributed by atoms with Gasteiger partial charge in [-0.15, -0.1) is 0 Å². The van der Waals surface area contributed by atoms with E-state index < -0.39 is 23.8 Å². The molecule has 0 N–H and O–H groups in total. The van der Waals surface area contributed by atoms with E-state index in [9.17, 15) is 0 Å². The van der Waals surface area contributed by atoms with Gasteiger partial charge in [-0.2, -0.15) is 0 Å². The van der Waals surface area contributed by atoms with Crippen molar-refractivity contribution in [3.8, 4) is 0 Å². The Kier molecular flexibility index (Phi) is 17.1. The minimum absolute atomic E-state index is 0. The van der Waals surface area contributed by atoms with Crippen molar-refractivity contribution in [2.24, 2.45) is 0 Å². The van der Waals surface area contributed by atoms with E-state index in [1.807, 2.05) is 0 Å². The fourth-order valence-corrected chi connectivity index (χ4v) is 14.7. The van der Waals surface area contributed by atoms with Gasteiger partial charge in [0.2, 0.25) is 0 Å². The molecule has 58 heavy (non-hydrogen) atoms. The molecule has 0 bridgehead atoms. The second kappa shape index (κ2) is 23.4. The van der Waals surface area contributed by atoms with Crippen molar-refractivity contribution < 1.29 is 20.4 Å². The molecule has 0 saturated carbocycles. The average molecular weight is 896 g/mol. The van der Waals surface area contributed by atoms with Gasteiger partial charge in [0.15, 0.2) is 0 Å². The van der Waals surface area contributed by atoms with E-state index in [4.69, 9.17) is 0 Å². The Balaban J connectivity index is 0.000000145. The van der Waals surface area contributed by atoms with Crippen LogP contribution in [0.3, 0.4) is 0 Å². The maximum Gasteiger partial charge on any atom is 0.102 e. The van der Waals surface area contributed by atoms with Crippen LogP contribution in [-0.2, 0) is 20.4 Å². The van der Waals surface area contributed by atoms with Crippen molar-refractivity contribution in [3.63, 3.8) is 0 Å². The smallest absolute Gasteiger partial charge is 0.0620 e. The maximum atomic E-state index is 2.24. The second-order valence-corrected chi connectivity index (χ2v) is 20.9. The van der Waals surface area contributed by atoms with Crippen LogP contribution in [-0.4, -0.2) is 0 Å². The molecular formula is C54H48P3Pd+3. The normalized spacial score (nSPS) is 10.4. The summed E-state index contributed by atoms with van der Waals surface area (Å²) in [6.45, 7) is 0. The fourth-order valence-electron chi connectivity index (χ4n) is 6.94. The molecule has 0 aromatic heterocycles. The van der Waals surface area contributed by atoms with E-state index in [0.717, 1.165) is 0 Å². The van der Waals surface area contributed by atoms with E-state index in [2.05, 4.69) is 273 Å². The molecule has 0 atom stereocenters. The quantitative estimate of drug-likeness (QED) is 0.100. The fraction of sp³-hybridized carbons (Fsp3) is 0. The summed E-state index contributed by atoms with van der Waals surface area (Å²) >= 11 is 0. The third-order valence-corrected chi connectivity index (χ3v) is 17.8. The first-order valence-electron chi connectivity index (χ1n) is 19.4. The van der Waals surface area contributed by atoms with Gasteiger partial charge in [0.1, 0.15) is 47.7 Å². The Morgan fingerprint density at radius 1 is 0.138 bits per heavy atom. The molecule has 0 aliphatic heterocycles. The van der Waals surface area contributed by atoms with Crippen LogP contribution in [0.1, 0.15) is 0 Å². The van der Waals surface area contributed by atoms with Gasteiger partial charge in [0, 0.05) is 20.4 Å². The monoisotopic (exact) mass is 895 g/mol. The van der Waals surface area contributed by atoms with Crippen LogP contribution in [0.15, 0.2) is 273 Å². The summed E-state index contributed by atoms with van der Waals surface area (Å²) in [6, 6.07) is 97.5. The molecule has 9 aromatic rings. The molecule has 286 valence electrons. The summed E-state index contributed by atoms with van der Waals surface area (Å²) in [5.41, 5.74) is 0. The molecule has 0 saturated heterocycles. The Morgan fingerprint density at radius 2 is 0.224 bits per heavy atom. The zero-order valence-electron chi connectivity index (χ0n) is 32.3. The first kappa shape index (κ1) is 42.5. The zero-order valence-corrected chi connectivity index (χ0v) is 36.9. The summed E-state index contributed by atoms with van der Waals surface area (Å²) < 4.78 is 0.